The molecule has 0 heterocycles. The highest BCUT2D eigenvalue weighted by Gasteiger charge is 2.16. The van der Waals surface area contributed by atoms with E-state index in [1.165, 1.54) is 14.2 Å². The Kier molecular flexibility index (Phi) is 9.95. The lowest BCUT2D eigenvalue weighted by molar-refractivity contribution is 0.193. The molecule has 2 aromatic carbocycles. The molecule has 0 atom stereocenters. The molecule has 2 N–H and O–H groups in total. The second kappa shape index (κ2) is 12.2. The molecule has 0 fully saturated rings. The molecule has 0 aromatic heterocycles. The third-order valence-corrected chi connectivity index (χ3v) is 5.32. The maximum atomic E-state index is 9.78. The molecule has 0 amide bonds. The zero-order valence-corrected chi connectivity index (χ0v) is 19.0. The van der Waals surface area contributed by atoms with Gasteiger partial charge in [0, 0.05) is 24.8 Å². The zero-order valence-electron chi connectivity index (χ0n) is 17.5. The van der Waals surface area contributed by atoms with E-state index in [1.54, 1.807) is 19.2 Å². The van der Waals surface area contributed by atoms with Crippen LogP contribution in [0.4, 0.5) is 0 Å². The van der Waals surface area contributed by atoms with Gasteiger partial charge >= 0.3 is 0 Å². The van der Waals surface area contributed by atoms with E-state index in [4.69, 9.17) is 37.4 Å². The number of aliphatic hydroxyl groups excluding tert-OH is 2. The first-order valence-electron chi connectivity index (χ1n) is 9.65. The molecule has 0 saturated heterocycles. The average molecular weight is 455 g/mol. The van der Waals surface area contributed by atoms with Crippen molar-refractivity contribution in [3.8, 4) is 11.5 Å². The fourth-order valence-electron chi connectivity index (χ4n) is 3.34. The highest BCUT2D eigenvalue weighted by molar-refractivity contribution is 6.33. The van der Waals surface area contributed by atoms with Crippen LogP contribution in [0.1, 0.15) is 41.5 Å². The number of rotatable bonds is 11. The molecule has 0 bridgehead atoms. The first-order chi connectivity index (χ1) is 14.5. The van der Waals surface area contributed by atoms with Crippen LogP contribution in [-0.2, 0) is 18.0 Å². The summed E-state index contributed by atoms with van der Waals surface area (Å²) in [5, 5.41) is 20.4. The Balaban J connectivity index is 2.58. The van der Waals surface area contributed by atoms with Crippen molar-refractivity contribution in [2.24, 2.45) is 0 Å². The largest absolute Gasteiger partial charge is 0.495 e. The summed E-state index contributed by atoms with van der Waals surface area (Å²) in [6, 6.07) is 7.31. The molecule has 5 nitrogen and oxygen atoms in total. The van der Waals surface area contributed by atoms with Gasteiger partial charge in [-0.25, -0.2) is 0 Å². The van der Waals surface area contributed by atoms with Crippen molar-refractivity contribution in [2.75, 3.05) is 27.9 Å². The molecular weight excluding hydrogens is 427 g/mol. The Morgan fingerprint density at radius 3 is 1.73 bits per heavy atom. The molecule has 0 spiro atoms. The number of aliphatic hydroxyl groups is 2. The number of unbranched alkanes of at least 4 members (excludes halogenated alkanes) is 2. The third-order valence-electron chi connectivity index (χ3n) is 4.76. The van der Waals surface area contributed by atoms with E-state index in [0.717, 1.165) is 36.0 Å². The molecule has 0 aliphatic heterocycles. The summed E-state index contributed by atoms with van der Waals surface area (Å²) in [6.45, 7) is 0.293. The molecule has 30 heavy (non-hydrogen) atoms. The number of halogens is 2. The topological polar surface area (TPSA) is 68.2 Å². The SMILES string of the molecule is COCCCCC=C(c1cc(Cl)c(OC)c(CO)c1)c1cc(Cl)c(OC)c(CO)c1. The van der Waals surface area contributed by atoms with Crippen LogP contribution in [0.5, 0.6) is 11.5 Å². The van der Waals surface area contributed by atoms with E-state index >= 15 is 0 Å². The molecule has 0 radical (unpaired) electrons. The molecule has 2 aromatic rings. The van der Waals surface area contributed by atoms with E-state index in [2.05, 4.69) is 6.08 Å². The minimum atomic E-state index is -0.205. The van der Waals surface area contributed by atoms with Crippen LogP contribution in [0.3, 0.4) is 0 Å². The predicted molar refractivity (Wildman–Crippen MR) is 121 cm³/mol. The normalized spacial score (nSPS) is 10.8. The van der Waals surface area contributed by atoms with Crippen molar-refractivity contribution in [1.82, 2.24) is 0 Å². The summed E-state index contributed by atoms with van der Waals surface area (Å²) in [4.78, 5) is 0. The van der Waals surface area contributed by atoms with E-state index in [0.29, 0.717) is 39.3 Å². The Hall–Kier alpha value is -1.76. The summed E-state index contributed by atoms with van der Waals surface area (Å²) in [5.74, 6) is 0.900. The molecule has 0 saturated carbocycles. The van der Waals surface area contributed by atoms with Gasteiger partial charge in [0.25, 0.3) is 0 Å². The first kappa shape index (κ1) is 24.5. The van der Waals surface area contributed by atoms with Crippen LogP contribution in [0.2, 0.25) is 10.0 Å². The summed E-state index contributed by atoms with van der Waals surface area (Å²) in [5.41, 5.74) is 3.72. The monoisotopic (exact) mass is 454 g/mol. The van der Waals surface area contributed by atoms with Gasteiger partial charge in [0.2, 0.25) is 0 Å². The second-order valence-electron chi connectivity index (χ2n) is 6.72. The van der Waals surface area contributed by atoms with E-state index in [-0.39, 0.29) is 13.2 Å². The molecule has 0 aliphatic rings. The fraction of sp³-hybridized carbons (Fsp3) is 0.391. The van der Waals surface area contributed by atoms with Crippen LogP contribution in [0.25, 0.3) is 5.57 Å². The van der Waals surface area contributed by atoms with Gasteiger partial charge in [-0.2, -0.15) is 0 Å². The Bertz CT molecular complexity index is 817. The van der Waals surface area contributed by atoms with Crippen molar-refractivity contribution in [2.45, 2.75) is 32.5 Å². The lowest BCUT2D eigenvalue weighted by Gasteiger charge is -2.17. The number of methoxy groups -OCH3 is 3. The zero-order chi connectivity index (χ0) is 22.1. The molecule has 2 rings (SSSR count). The highest BCUT2D eigenvalue weighted by Crippen LogP contribution is 2.38. The Morgan fingerprint density at radius 2 is 1.33 bits per heavy atom. The van der Waals surface area contributed by atoms with Crippen LogP contribution < -0.4 is 9.47 Å². The first-order valence-corrected chi connectivity index (χ1v) is 10.4. The fourth-order valence-corrected chi connectivity index (χ4v) is 3.98. The standard InChI is InChI=1S/C23H28Cl2O5/c1-28-8-6-4-5-7-19(15-9-17(13-26)22(29-2)20(24)11-15)16-10-18(14-27)23(30-3)21(25)12-16/h7,9-12,26-27H,4-6,8,13-14H2,1-3H3. The van der Waals surface area contributed by atoms with E-state index < -0.39 is 0 Å². The lowest BCUT2D eigenvalue weighted by Crippen LogP contribution is -1.99. The molecule has 0 aliphatic carbocycles. The maximum Gasteiger partial charge on any atom is 0.142 e. The van der Waals surface area contributed by atoms with Gasteiger partial charge in [0.05, 0.1) is 37.5 Å². The summed E-state index contributed by atoms with van der Waals surface area (Å²) < 4.78 is 15.8. The van der Waals surface area contributed by atoms with Crippen molar-refractivity contribution in [1.29, 1.82) is 0 Å². The predicted octanol–water partition coefficient (Wildman–Crippen LogP) is 5.24. The quantitative estimate of drug-likeness (QED) is 0.454. The smallest absolute Gasteiger partial charge is 0.142 e. The van der Waals surface area contributed by atoms with Crippen LogP contribution in [-0.4, -0.2) is 38.1 Å². The van der Waals surface area contributed by atoms with Crippen LogP contribution >= 0.6 is 23.2 Å². The van der Waals surface area contributed by atoms with Crippen molar-refractivity contribution in [3.63, 3.8) is 0 Å². The summed E-state index contributed by atoms with van der Waals surface area (Å²) >= 11 is 12.8. The van der Waals surface area contributed by atoms with Gasteiger partial charge in [-0.05, 0) is 60.2 Å². The number of ether oxygens (including phenoxy) is 3. The van der Waals surface area contributed by atoms with Crippen LogP contribution in [0, 0.1) is 0 Å². The Labute approximate surface area is 187 Å². The van der Waals surface area contributed by atoms with Crippen molar-refractivity contribution in [3.05, 3.63) is 62.6 Å². The Morgan fingerprint density at radius 1 is 0.833 bits per heavy atom. The highest BCUT2D eigenvalue weighted by atomic mass is 35.5. The van der Waals surface area contributed by atoms with Gasteiger partial charge in [-0.1, -0.05) is 29.3 Å². The number of allylic oxidation sites excluding steroid dienone is 1. The van der Waals surface area contributed by atoms with Crippen LogP contribution in [0.15, 0.2) is 30.3 Å². The van der Waals surface area contributed by atoms with E-state index in [1.807, 2.05) is 12.1 Å². The minimum absolute atomic E-state index is 0.205. The average Bonchev–Trinajstić information content (AvgIpc) is 2.74. The molecule has 0 unspecified atom stereocenters. The summed E-state index contributed by atoms with van der Waals surface area (Å²) in [7, 11) is 4.72. The number of benzene rings is 2. The van der Waals surface area contributed by atoms with Gasteiger partial charge in [-0.3, -0.25) is 0 Å². The summed E-state index contributed by atoms with van der Waals surface area (Å²) in [6.07, 6.45) is 4.81. The van der Waals surface area contributed by atoms with E-state index in [9.17, 15) is 10.2 Å². The van der Waals surface area contributed by atoms with Gasteiger partial charge in [0.15, 0.2) is 0 Å². The minimum Gasteiger partial charge on any atom is -0.495 e. The van der Waals surface area contributed by atoms with Crippen molar-refractivity contribution < 1.29 is 24.4 Å². The van der Waals surface area contributed by atoms with Gasteiger partial charge in [0.1, 0.15) is 11.5 Å². The van der Waals surface area contributed by atoms with Gasteiger partial charge in [-0.15, -0.1) is 0 Å². The lowest BCUT2D eigenvalue weighted by atomic mass is 9.93. The van der Waals surface area contributed by atoms with Crippen molar-refractivity contribution >= 4 is 28.8 Å². The third kappa shape index (κ3) is 5.90. The number of hydrogen-bond acceptors (Lipinski definition) is 5. The molecule has 164 valence electrons. The molecular formula is C23H28Cl2O5. The number of hydrogen-bond donors (Lipinski definition) is 2. The van der Waals surface area contributed by atoms with Gasteiger partial charge < -0.3 is 24.4 Å². The molecule has 7 heteroatoms. The second-order valence-corrected chi connectivity index (χ2v) is 7.54. The maximum absolute atomic E-state index is 9.78.